The Balaban J connectivity index is 1.42. The molecule has 1 aliphatic rings. The maximum Gasteiger partial charge on any atom is 0.276 e. The zero-order valence-electron chi connectivity index (χ0n) is 17.2. The molecule has 2 N–H and O–H groups in total. The van der Waals surface area contributed by atoms with Gasteiger partial charge >= 0.3 is 0 Å². The average Bonchev–Trinajstić information content (AvgIpc) is 3.35. The minimum absolute atomic E-state index is 0.187. The first kappa shape index (κ1) is 19.9. The van der Waals surface area contributed by atoms with Crippen molar-refractivity contribution in [1.29, 1.82) is 0 Å². The normalized spacial score (nSPS) is 20.0. The molecule has 4 rings (SSSR count). The second kappa shape index (κ2) is 8.51. The number of benzene rings is 1. The Bertz CT molecular complexity index is 951. The lowest BCUT2D eigenvalue weighted by Crippen LogP contribution is -2.42. The SMILES string of the molecule is Cc1c(C(=O)Nc2ccc(CN3[C@H](C)CCC[C@H]3C)cc2)n[nH]c1-c1cccs1. The van der Waals surface area contributed by atoms with Gasteiger partial charge in [-0.1, -0.05) is 24.6 Å². The average molecular weight is 409 g/mol. The van der Waals surface area contributed by atoms with E-state index in [2.05, 4.69) is 46.4 Å². The first-order chi connectivity index (χ1) is 14.0. The van der Waals surface area contributed by atoms with E-state index in [-0.39, 0.29) is 5.91 Å². The van der Waals surface area contributed by atoms with Gasteiger partial charge in [-0.25, -0.2) is 0 Å². The lowest BCUT2D eigenvalue weighted by molar-refractivity contribution is 0.0953. The van der Waals surface area contributed by atoms with E-state index in [9.17, 15) is 4.79 Å². The molecule has 2 atom stereocenters. The van der Waals surface area contributed by atoms with Crippen LogP contribution in [0.15, 0.2) is 41.8 Å². The third kappa shape index (κ3) is 4.28. The van der Waals surface area contributed by atoms with Gasteiger partial charge in [0.05, 0.1) is 10.6 Å². The first-order valence-electron chi connectivity index (χ1n) is 10.3. The van der Waals surface area contributed by atoms with Gasteiger partial charge in [-0.15, -0.1) is 11.3 Å². The second-order valence-corrected chi connectivity index (χ2v) is 8.95. The summed E-state index contributed by atoms with van der Waals surface area (Å²) in [6.07, 6.45) is 3.87. The number of aromatic nitrogens is 2. The third-order valence-corrected chi connectivity index (χ3v) is 6.83. The second-order valence-electron chi connectivity index (χ2n) is 8.00. The highest BCUT2D eigenvalue weighted by Gasteiger charge is 2.24. The Morgan fingerprint density at radius 2 is 1.93 bits per heavy atom. The zero-order chi connectivity index (χ0) is 20.4. The van der Waals surface area contributed by atoms with Crippen molar-refractivity contribution in [2.24, 2.45) is 0 Å². The minimum Gasteiger partial charge on any atom is -0.321 e. The van der Waals surface area contributed by atoms with Crippen molar-refractivity contribution in [1.82, 2.24) is 15.1 Å². The Morgan fingerprint density at radius 3 is 2.59 bits per heavy atom. The largest absolute Gasteiger partial charge is 0.321 e. The summed E-state index contributed by atoms with van der Waals surface area (Å²) in [5.41, 5.74) is 4.28. The van der Waals surface area contributed by atoms with Gasteiger partial charge in [-0.2, -0.15) is 5.10 Å². The molecule has 3 aromatic rings. The van der Waals surface area contributed by atoms with E-state index in [1.165, 1.54) is 24.8 Å². The summed E-state index contributed by atoms with van der Waals surface area (Å²) in [4.78, 5) is 16.4. The summed E-state index contributed by atoms with van der Waals surface area (Å²) in [5, 5.41) is 12.2. The fourth-order valence-corrected chi connectivity index (χ4v) is 4.94. The van der Waals surface area contributed by atoms with E-state index in [4.69, 9.17) is 0 Å². The van der Waals surface area contributed by atoms with Crippen LogP contribution in [0.3, 0.4) is 0 Å². The van der Waals surface area contributed by atoms with Crippen LogP contribution in [0.5, 0.6) is 0 Å². The van der Waals surface area contributed by atoms with Gasteiger partial charge in [0, 0.05) is 29.9 Å². The predicted molar refractivity (Wildman–Crippen MR) is 119 cm³/mol. The molecule has 2 aromatic heterocycles. The van der Waals surface area contributed by atoms with Crippen LogP contribution in [0.4, 0.5) is 5.69 Å². The molecule has 0 aliphatic carbocycles. The highest BCUT2D eigenvalue weighted by Crippen LogP contribution is 2.28. The van der Waals surface area contributed by atoms with Gasteiger partial charge in [0.1, 0.15) is 0 Å². The number of likely N-dealkylation sites (tertiary alicyclic amines) is 1. The molecular formula is C23H28N4OS. The van der Waals surface area contributed by atoms with Crippen LogP contribution in [0.25, 0.3) is 10.6 Å². The number of rotatable bonds is 5. The molecule has 0 saturated carbocycles. The molecule has 0 radical (unpaired) electrons. The number of carbonyl (C=O) groups excluding carboxylic acids is 1. The number of carbonyl (C=O) groups is 1. The van der Waals surface area contributed by atoms with E-state index < -0.39 is 0 Å². The highest BCUT2D eigenvalue weighted by atomic mass is 32.1. The number of thiophene rings is 1. The lowest BCUT2D eigenvalue weighted by Gasteiger charge is -2.39. The van der Waals surface area contributed by atoms with Gasteiger partial charge < -0.3 is 5.32 Å². The zero-order valence-corrected chi connectivity index (χ0v) is 18.1. The summed E-state index contributed by atoms with van der Waals surface area (Å²) in [6.45, 7) is 7.53. The summed E-state index contributed by atoms with van der Waals surface area (Å²) in [6, 6.07) is 13.4. The molecule has 1 fully saturated rings. The topological polar surface area (TPSA) is 61.0 Å². The third-order valence-electron chi connectivity index (χ3n) is 5.95. The molecule has 0 spiro atoms. The van der Waals surface area contributed by atoms with Crippen molar-refractivity contribution in [3.63, 3.8) is 0 Å². The lowest BCUT2D eigenvalue weighted by atomic mass is 9.97. The molecule has 29 heavy (non-hydrogen) atoms. The summed E-state index contributed by atoms with van der Waals surface area (Å²) < 4.78 is 0. The van der Waals surface area contributed by atoms with Gasteiger partial charge in [0.25, 0.3) is 5.91 Å². The van der Waals surface area contributed by atoms with E-state index in [0.717, 1.165) is 28.4 Å². The summed E-state index contributed by atoms with van der Waals surface area (Å²) in [7, 11) is 0. The van der Waals surface area contributed by atoms with Crippen LogP contribution in [-0.4, -0.2) is 33.1 Å². The van der Waals surface area contributed by atoms with E-state index in [1.54, 1.807) is 11.3 Å². The molecule has 1 amide bonds. The highest BCUT2D eigenvalue weighted by molar-refractivity contribution is 7.13. The molecule has 3 heterocycles. The number of hydrogen-bond acceptors (Lipinski definition) is 4. The minimum atomic E-state index is -0.187. The molecular weight excluding hydrogens is 380 g/mol. The van der Waals surface area contributed by atoms with Crippen molar-refractivity contribution in [3.8, 4) is 10.6 Å². The summed E-state index contributed by atoms with van der Waals surface area (Å²) in [5.74, 6) is -0.187. The molecule has 1 aliphatic heterocycles. The number of H-pyrrole nitrogens is 1. The van der Waals surface area contributed by atoms with Crippen molar-refractivity contribution in [2.45, 2.75) is 58.7 Å². The van der Waals surface area contributed by atoms with Crippen molar-refractivity contribution >= 4 is 22.9 Å². The van der Waals surface area contributed by atoms with E-state index in [1.807, 2.05) is 36.6 Å². The Morgan fingerprint density at radius 1 is 1.21 bits per heavy atom. The standard InChI is InChI=1S/C23H28N4OS/c1-15-6-4-7-16(2)27(15)14-18-9-11-19(12-10-18)24-23(28)22-17(3)21(25-26-22)20-8-5-13-29-20/h5,8-13,15-16H,4,6-7,14H2,1-3H3,(H,24,28)(H,25,26)/t15-,16-/m1/s1. The van der Waals surface area contributed by atoms with Crippen molar-refractivity contribution in [2.75, 3.05) is 5.32 Å². The summed E-state index contributed by atoms with van der Waals surface area (Å²) >= 11 is 1.63. The number of anilines is 1. The fourth-order valence-electron chi connectivity index (χ4n) is 4.16. The number of aromatic amines is 1. The van der Waals surface area contributed by atoms with Crippen LogP contribution in [-0.2, 0) is 6.54 Å². The van der Waals surface area contributed by atoms with Crippen LogP contribution in [0, 0.1) is 6.92 Å². The van der Waals surface area contributed by atoms with Crippen molar-refractivity contribution < 1.29 is 4.79 Å². The Kier molecular flexibility index (Phi) is 5.83. The molecule has 152 valence electrons. The van der Waals surface area contributed by atoms with Gasteiger partial charge in [0.2, 0.25) is 0 Å². The van der Waals surface area contributed by atoms with E-state index in [0.29, 0.717) is 17.8 Å². The van der Waals surface area contributed by atoms with Crippen LogP contribution < -0.4 is 5.32 Å². The fraction of sp³-hybridized carbons (Fsp3) is 0.391. The Labute approximate surface area is 176 Å². The first-order valence-corrected chi connectivity index (χ1v) is 11.2. The number of hydrogen-bond donors (Lipinski definition) is 2. The molecule has 5 nitrogen and oxygen atoms in total. The van der Waals surface area contributed by atoms with E-state index >= 15 is 0 Å². The Hall–Kier alpha value is -2.44. The maximum absolute atomic E-state index is 12.7. The maximum atomic E-state index is 12.7. The number of piperidine rings is 1. The molecule has 6 heteroatoms. The van der Waals surface area contributed by atoms with Crippen LogP contribution in [0.2, 0.25) is 0 Å². The number of nitrogens with one attached hydrogen (secondary N) is 2. The monoisotopic (exact) mass is 408 g/mol. The molecule has 1 aromatic carbocycles. The van der Waals surface area contributed by atoms with Gasteiger partial charge in [-0.3, -0.25) is 14.8 Å². The molecule has 1 saturated heterocycles. The number of nitrogens with zero attached hydrogens (tertiary/aromatic N) is 2. The van der Waals surface area contributed by atoms with Gasteiger partial charge in [-0.05, 0) is 62.8 Å². The van der Waals surface area contributed by atoms with Crippen molar-refractivity contribution in [3.05, 3.63) is 58.6 Å². The quantitative estimate of drug-likeness (QED) is 0.589. The number of amides is 1. The van der Waals surface area contributed by atoms with Crippen LogP contribution in [0.1, 0.15) is 54.7 Å². The predicted octanol–water partition coefficient (Wildman–Crippen LogP) is 5.46. The molecule has 0 bridgehead atoms. The smallest absolute Gasteiger partial charge is 0.276 e. The van der Waals surface area contributed by atoms with Crippen LogP contribution >= 0.6 is 11.3 Å². The molecule has 0 unspecified atom stereocenters. The van der Waals surface area contributed by atoms with Gasteiger partial charge in [0.15, 0.2) is 5.69 Å².